The van der Waals surface area contributed by atoms with Crippen LogP contribution in [0, 0.1) is 0 Å². The van der Waals surface area contributed by atoms with Gasteiger partial charge in [-0.2, -0.15) is 0 Å². The maximum absolute atomic E-state index is 5.83. The third-order valence-corrected chi connectivity index (χ3v) is 4.60. The van der Waals surface area contributed by atoms with E-state index in [4.69, 9.17) is 10.7 Å². The van der Waals surface area contributed by atoms with Crippen LogP contribution in [0.3, 0.4) is 0 Å². The van der Waals surface area contributed by atoms with Crippen molar-refractivity contribution in [2.45, 2.75) is 52.5 Å². The molecule has 1 aromatic heterocycles. The van der Waals surface area contributed by atoms with E-state index in [1.54, 1.807) is 11.3 Å². The summed E-state index contributed by atoms with van der Waals surface area (Å²) in [6.45, 7) is 11.6. The highest BCUT2D eigenvalue weighted by molar-refractivity contribution is 7.15. The van der Waals surface area contributed by atoms with Crippen molar-refractivity contribution in [3.05, 3.63) is 40.4 Å². The van der Waals surface area contributed by atoms with E-state index in [2.05, 4.69) is 58.9 Å². The molecule has 0 aliphatic heterocycles. The molecule has 0 saturated heterocycles. The Morgan fingerprint density at radius 3 is 2.15 bits per heavy atom. The third kappa shape index (κ3) is 3.10. The molecule has 0 aliphatic rings. The van der Waals surface area contributed by atoms with E-state index in [0.29, 0.717) is 12.5 Å². The molecule has 2 nitrogen and oxygen atoms in total. The lowest BCUT2D eigenvalue weighted by molar-refractivity contribution is 0.590. The Kier molecular flexibility index (Phi) is 4.31. The average molecular weight is 288 g/mol. The van der Waals surface area contributed by atoms with Crippen LogP contribution in [0.15, 0.2) is 24.3 Å². The van der Waals surface area contributed by atoms with Crippen LogP contribution in [0.25, 0.3) is 10.6 Å². The third-order valence-electron chi connectivity index (χ3n) is 3.46. The van der Waals surface area contributed by atoms with Gasteiger partial charge >= 0.3 is 0 Å². The summed E-state index contributed by atoms with van der Waals surface area (Å²) in [5.41, 5.74) is 9.70. The summed E-state index contributed by atoms with van der Waals surface area (Å²) in [6, 6.07) is 8.75. The molecule has 0 aliphatic carbocycles. The second-order valence-corrected chi connectivity index (χ2v) is 7.60. The lowest BCUT2D eigenvalue weighted by atomic mass is 9.87. The van der Waals surface area contributed by atoms with Crippen molar-refractivity contribution >= 4 is 11.3 Å². The van der Waals surface area contributed by atoms with E-state index in [9.17, 15) is 0 Å². The van der Waals surface area contributed by atoms with Gasteiger partial charge in [-0.05, 0) is 16.9 Å². The zero-order chi connectivity index (χ0) is 14.9. The molecule has 2 N–H and O–H groups in total. The second kappa shape index (κ2) is 5.66. The van der Waals surface area contributed by atoms with Crippen LogP contribution in [0.2, 0.25) is 0 Å². The summed E-state index contributed by atoms with van der Waals surface area (Å²) in [5.74, 6) is 0.424. The Morgan fingerprint density at radius 2 is 1.75 bits per heavy atom. The van der Waals surface area contributed by atoms with Crippen molar-refractivity contribution in [1.82, 2.24) is 4.98 Å². The highest BCUT2D eigenvalue weighted by Crippen LogP contribution is 2.32. The molecule has 0 atom stereocenters. The van der Waals surface area contributed by atoms with E-state index >= 15 is 0 Å². The molecule has 0 saturated carbocycles. The Bertz CT molecular complexity index is 574. The number of nitrogens with zero attached hydrogens (tertiary/aromatic N) is 1. The van der Waals surface area contributed by atoms with Crippen LogP contribution in [0.1, 0.15) is 56.7 Å². The SMILES string of the molecule is CC(C)c1nc(-c2ccc(C(C)(C)C)cc2)sc1CN. The fraction of sp³-hybridized carbons (Fsp3) is 0.471. The van der Waals surface area contributed by atoms with Gasteiger partial charge in [0.1, 0.15) is 5.01 Å². The molecule has 0 bridgehead atoms. The Morgan fingerprint density at radius 1 is 1.15 bits per heavy atom. The number of benzene rings is 1. The molecule has 108 valence electrons. The molecule has 1 aromatic carbocycles. The fourth-order valence-corrected chi connectivity index (χ4v) is 3.30. The predicted octanol–water partition coefficient (Wildman–Crippen LogP) is 4.69. The Hall–Kier alpha value is -1.19. The number of hydrogen-bond donors (Lipinski definition) is 1. The molecular formula is C17H24N2S. The molecule has 0 unspecified atom stereocenters. The van der Waals surface area contributed by atoms with Crippen LogP contribution in [-0.2, 0) is 12.0 Å². The minimum Gasteiger partial charge on any atom is -0.326 e. The van der Waals surface area contributed by atoms with Crippen LogP contribution in [-0.4, -0.2) is 4.98 Å². The van der Waals surface area contributed by atoms with Crippen LogP contribution >= 0.6 is 11.3 Å². The van der Waals surface area contributed by atoms with E-state index in [1.165, 1.54) is 16.0 Å². The molecule has 0 fully saturated rings. The molecular weight excluding hydrogens is 264 g/mol. The Balaban J connectivity index is 2.37. The summed E-state index contributed by atoms with van der Waals surface area (Å²) < 4.78 is 0. The first kappa shape index (κ1) is 15.2. The molecule has 2 rings (SSSR count). The summed E-state index contributed by atoms with van der Waals surface area (Å²) in [5, 5.41) is 1.08. The fourth-order valence-electron chi connectivity index (χ4n) is 2.20. The number of aromatic nitrogens is 1. The van der Waals surface area contributed by atoms with Crippen molar-refractivity contribution in [2.75, 3.05) is 0 Å². The number of rotatable bonds is 3. The first-order chi connectivity index (χ1) is 9.32. The number of thiazole rings is 1. The van der Waals surface area contributed by atoms with Gasteiger partial charge in [-0.3, -0.25) is 0 Å². The predicted molar refractivity (Wildman–Crippen MR) is 88.2 cm³/mol. The number of nitrogens with two attached hydrogens (primary N) is 1. The topological polar surface area (TPSA) is 38.9 Å². The summed E-state index contributed by atoms with van der Waals surface area (Å²) >= 11 is 1.72. The molecule has 0 spiro atoms. The van der Waals surface area contributed by atoms with Gasteiger partial charge in [-0.1, -0.05) is 58.9 Å². The first-order valence-electron chi connectivity index (χ1n) is 7.13. The zero-order valence-corrected chi connectivity index (χ0v) is 13.8. The normalized spacial score (nSPS) is 12.2. The van der Waals surface area contributed by atoms with Crippen LogP contribution in [0.4, 0.5) is 0 Å². The lowest BCUT2D eigenvalue weighted by Gasteiger charge is -2.18. The quantitative estimate of drug-likeness (QED) is 0.890. The van der Waals surface area contributed by atoms with Gasteiger partial charge in [-0.15, -0.1) is 11.3 Å². The smallest absolute Gasteiger partial charge is 0.123 e. The van der Waals surface area contributed by atoms with Crippen molar-refractivity contribution in [1.29, 1.82) is 0 Å². The van der Waals surface area contributed by atoms with Gasteiger partial charge in [0.2, 0.25) is 0 Å². The van der Waals surface area contributed by atoms with Gasteiger partial charge in [-0.25, -0.2) is 4.98 Å². The maximum Gasteiger partial charge on any atom is 0.123 e. The standard InChI is InChI=1S/C17H24N2S/c1-11(2)15-14(10-18)20-16(19-15)12-6-8-13(9-7-12)17(3,4)5/h6-9,11H,10,18H2,1-5H3. The van der Waals surface area contributed by atoms with Gasteiger partial charge < -0.3 is 5.73 Å². The maximum atomic E-state index is 5.83. The second-order valence-electron chi connectivity index (χ2n) is 6.51. The van der Waals surface area contributed by atoms with Crippen molar-refractivity contribution in [3.63, 3.8) is 0 Å². The molecule has 0 radical (unpaired) electrons. The molecule has 1 heterocycles. The van der Waals surface area contributed by atoms with Gasteiger partial charge in [0.05, 0.1) is 5.69 Å². The lowest BCUT2D eigenvalue weighted by Crippen LogP contribution is -2.10. The summed E-state index contributed by atoms with van der Waals surface area (Å²) in [4.78, 5) is 5.98. The summed E-state index contributed by atoms with van der Waals surface area (Å²) in [6.07, 6.45) is 0. The zero-order valence-electron chi connectivity index (χ0n) is 13.0. The van der Waals surface area contributed by atoms with E-state index in [1.807, 2.05) is 0 Å². The minimum absolute atomic E-state index is 0.187. The van der Waals surface area contributed by atoms with E-state index < -0.39 is 0 Å². The Labute approximate surface area is 126 Å². The van der Waals surface area contributed by atoms with Crippen molar-refractivity contribution in [2.24, 2.45) is 5.73 Å². The number of hydrogen-bond acceptors (Lipinski definition) is 3. The molecule has 20 heavy (non-hydrogen) atoms. The van der Waals surface area contributed by atoms with Crippen molar-refractivity contribution in [3.8, 4) is 10.6 Å². The highest BCUT2D eigenvalue weighted by Gasteiger charge is 2.16. The highest BCUT2D eigenvalue weighted by atomic mass is 32.1. The molecule has 3 heteroatoms. The largest absolute Gasteiger partial charge is 0.326 e. The van der Waals surface area contributed by atoms with Gasteiger partial charge in [0, 0.05) is 17.0 Å². The van der Waals surface area contributed by atoms with Gasteiger partial charge in [0.15, 0.2) is 0 Å². The minimum atomic E-state index is 0.187. The van der Waals surface area contributed by atoms with Crippen LogP contribution in [0.5, 0.6) is 0 Å². The van der Waals surface area contributed by atoms with Gasteiger partial charge in [0.25, 0.3) is 0 Å². The van der Waals surface area contributed by atoms with Crippen LogP contribution < -0.4 is 5.73 Å². The van der Waals surface area contributed by atoms with Crippen molar-refractivity contribution < 1.29 is 0 Å². The van der Waals surface area contributed by atoms with E-state index in [-0.39, 0.29) is 5.41 Å². The molecule has 2 aromatic rings. The molecule has 0 amide bonds. The summed E-state index contributed by atoms with van der Waals surface area (Å²) in [7, 11) is 0. The first-order valence-corrected chi connectivity index (χ1v) is 7.95. The average Bonchev–Trinajstić information content (AvgIpc) is 2.82. The van der Waals surface area contributed by atoms with E-state index in [0.717, 1.165) is 10.7 Å². The monoisotopic (exact) mass is 288 g/mol.